The average Bonchev–Trinajstić information content (AvgIpc) is 3.05. The van der Waals surface area contributed by atoms with Crippen molar-refractivity contribution in [3.8, 4) is 0 Å². The number of hydrogen-bond donors (Lipinski definition) is 2. The number of aromatic nitrogens is 3. The molecule has 1 aromatic rings. The molecule has 3 N–H and O–H groups in total. The van der Waals surface area contributed by atoms with Gasteiger partial charge in [0.2, 0.25) is 0 Å². The van der Waals surface area contributed by atoms with E-state index in [1.165, 1.54) is 12.8 Å². The Balaban J connectivity index is 2.27. The number of nitrogens with zero attached hydrogens (tertiary/aromatic N) is 3. The Morgan fingerprint density at radius 3 is 2.69 bits per heavy atom. The van der Waals surface area contributed by atoms with E-state index >= 15 is 0 Å². The summed E-state index contributed by atoms with van der Waals surface area (Å²) >= 11 is 3.38. The Labute approximate surface area is 103 Å². The van der Waals surface area contributed by atoms with Gasteiger partial charge in [0.05, 0.1) is 17.8 Å². The molecule has 1 fully saturated rings. The van der Waals surface area contributed by atoms with Crippen molar-refractivity contribution in [3.05, 3.63) is 10.3 Å². The van der Waals surface area contributed by atoms with Crippen LogP contribution in [0.25, 0.3) is 0 Å². The van der Waals surface area contributed by atoms with Gasteiger partial charge in [-0.25, -0.2) is 10.1 Å². The van der Waals surface area contributed by atoms with Gasteiger partial charge in [-0.15, -0.1) is 5.10 Å². The largest absolute Gasteiger partial charge is 0.379 e. The van der Waals surface area contributed by atoms with Crippen LogP contribution in [0.3, 0.4) is 0 Å². The minimum atomic E-state index is -0.0909. The van der Waals surface area contributed by atoms with Crippen LogP contribution in [0.2, 0.25) is 0 Å². The smallest absolute Gasteiger partial charge is 0.153 e. The van der Waals surface area contributed by atoms with Crippen molar-refractivity contribution >= 4 is 15.9 Å². The number of ether oxygens (including phenoxy) is 1. The standard InChI is InChI=1S/C9H16BrN5O/c1-15-7(9(10)13-14-15)6(12-11)8(16-2)5-3-4-5/h5-6,8,12H,3-4,11H2,1-2H3. The third-order valence-electron chi connectivity index (χ3n) is 2.99. The molecule has 0 saturated heterocycles. The second kappa shape index (κ2) is 4.79. The van der Waals surface area contributed by atoms with Crippen LogP contribution in [0.5, 0.6) is 0 Å². The van der Waals surface area contributed by atoms with Crippen LogP contribution >= 0.6 is 15.9 Å². The van der Waals surface area contributed by atoms with Gasteiger partial charge in [0.1, 0.15) is 0 Å². The maximum Gasteiger partial charge on any atom is 0.153 e. The van der Waals surface area contributed by atoms with Crippen molar-refractivity contribution in [3.63, 3.8) is 0 Å². The van der Waals surface area contributed by atoms with Gasteiger partial charge in [-0.3, -0.25) is 5.84 Å². The van der Waals surface area contributed by atoms with E-state index in [4.69, 9.17) is 10.6 Å². The highest BCUT2D eigenvalue weighted by Gasteiger charge is 2.39. The van der Waals surface area contributed by atoms with Crippen LogP contribution in [-0.4, -0.2) is 28.2 Å². The zero-order chi connectivity index (χ0) is 11.7. The van der Waals surface area contributed by atoms with E-state index in [-0.39, 0.29) is 12.1 Å². The number of hydrogen-bond acceptors (Lipinski definition) is 5. The van der Waals surface area contributed by atoms with Gasteiger partial charge in [-0.1, -0.05) is 5.21 Å². The maximum absolute atomic E-state index is 5.62. The minimum Gasteiger partial charge on any atom is -0.379 e. The van der Waals surface area contributed by atoms with Crippen LogP contribution in [-0.2, 0) is 11.8 Å². The van der Waals surface area contributed by atoms with Crippen LogP contribution < -0.4 is 11.3 Å². The number of nitrogens with one attached hydrogen (secondary N) is 1. The summed E-state index contributed by atoms with van der Waals surface area (Å²) in [7, 11) is 3.56. The highest BCUT2D eigenvalue weighted by atomic mass is 79.9. The number of halogens is 1. The Hall–Kier alpha value is -0.500. The fourth-order valence-corrected chi connectivity index (χ4v) is 2.60. The molecule has 2 rings (SSSR count). The number of aryl methyl sites for hydroxylation is 1. The fourth-order valence-electron chi connectivity index (χ4n) is 2.02. The summed E-state index contributed by atoms with van der Waals surface area (Å²) in [4.78, 5) is 0. The Morgan fingerprint density at radius 2 is 2.31 bits per heavy atom. The zero-order valence-corrected chi connectivity index (χ0v) is 10.9. The monoisotopic (exact) mass is 289 g/mol. The van der Waals surface area contributed by atoms with Gasteiger partial charge in [0, 0.05) is 14.2 Å². The molecule has 0 aromatic carbocycles. The minimum absolute atomic E-state index is 0.0681. The molecule has 2 unspecified atom stereocenters. The predicted octanol–water partition coefficient (Wildman–Crippen LogP) is 0.507. The van der Waals surface area contributed by atoms with Crippen LogP contribution in [0.15, 0.2) is 4.60 Å². The van der Waals surface area contributed by atoms with Gasteiger partial charge in [-0.05, 0) is 34.7 Å². The lowest BCUT2D eigenvalue weighted by atomic mass is 10.0. The molecular formula is C9H16BrN5O. The first-order chi connectivity index (χ1) is 7.69. The van der Waals surface area contributed by atoms with Crippen molar-refractivity contribution in [2.75, 3.05) is 7.11 Å². The lowest BCUT2D eigenvalue weighted by Gasteiger charge is -2.25. The summed E-state index contributed by atoms with van der Waals surface area (Å²) in [6, 6.07) is -0.0909. The molecule has 1 heterocycles. The zero-order valence-electron chi connectivity index (χ0n) is 9.35. The van der Waals surface area contributed by atoms with Gasteiger partial charge >= 0.3 is 0 Å². The molecule has 2 atom stereocenters. The van der Waals surface area contributed by atoms with E-state index in [1.54, 1.807) is 11.8 Å². The molecule has 90 valence electrons. The molecule has 1 aromatic heterocycles. The maximum atomic E-state index is 5.62. The van der Waals surface area contributed by atoms with Crippen molar-refractivity contribution in [1.29, 1.82) is 0 Å². The van der Waals surface area contributed by atoms with E-state index in [0.717, 1.165) is 5.69 Å². The lowest BCUT2D eigenvalue weighted by molar-refractivity contribution is 0.0480. The predicted molar refractivity (Wildman–Crippen MR) is 62.3 cm³/mol. The van der Waals surface area contributed by atoms with Gasteiger partial charge in [0.15, 0.2) is 4.60 Å². The molecule has 0 aliphatic heterocycles. The molecular weight excluding hydrogens is 274 g/mol. The van der Waals surface area contributed by atoms with E-state index in [2.05, 4.69) is 31.7 Å². The van der Waals surface area contributed by atoms with Crippen molar-refractivity contribution in [2.45, 2.75) is 25.0 Å². The summed E-state index contributed by atoms with van der Waals surface area (Å²) in [5.74, 6) is 6.20. The SMILES string of the molecule is COC(C1CC1)C(NN)c1c(Br)nnn1C. The van der Waals surface area contributed by atoms with Crippen molar-refractivity contribution in [2.24, 2.45) is 18.8 Å². The Bertz CT molecular complexity index is 345. The van der Waals surface area contributed by atoms with Crippen LogP contribution in [0.1, 0.15) is 24.6 Å². The van der Waals surface area contributed by atoms with E-state index < -0.39 is 0 Å². The molecule has 0 radical (unpaired) electrons. The highest BCUT2D eigenvalue weighted by Crippen LogP contribution is 2.40. The third kappa shape index (κ3) is 2.13. The first-order valence-corrected chi connectivity index (χ1v) is 6.02. The molecule has 16 heavy (non-hydrogen) atoms. The summed E-state index contributed by atoms with van der Waals surface area (Å²) in [6.07, 6.45) is 2.46. The van der Waals surface area contributed by atoms with Crippen LogP contribution in [0.4, 0.5) is 0 Å². The van der Waals surface area contributed by atoms with E-state index in [9.17, 15) is 0 Å². The van der Waals surface area contributed by atoms with Crippen molar-refractivity contribution in [1.82, 2.24) is 20.4 Å². The third-order valence-corrected chi connectivity index (χ3v) is 3.55. The fraction of sp³-hybridized carbons (Fsp3) is 0.778. The molecule has 1 aliphatic rings. The molecule has 0 bridgehead atoms. The normalized spacial score (nSPS) is 19.8. The second-order valence-electron chi connectivity index (χ2n) is 4.07. The summed E-state index contributed by atoms with van der Waals surface area (Å²) in [5.41, 5.74) is 3.72. The van der Waals surface area contributed by atoms with Crippen molar-refractivity contribution < 1.29 is 4.74 Å². The van der Waals surface area contributed by atoms with Gasteiger partial charge in [-0.2, -0.15) is 0 Å². The molecule has 1 saturated carbocycles. The summed E-state index contributed by atoms with van der Waals surface area (Å²) in [6.45, 7) is 0. The topological polar surface area (TPSA) is 78.0 Å². The lowest BCUT2D eigenvalue weighted by Crippen LogP contribution is -2.40. The number of nitrogens with two attached hydrogens (primary N) is 1. The average molecular weight is 290 g/mol. The molecule has 0 amide bonds. The summed E-state index contributed by atoms with van der Waals surface area (Å²) < 4.78 is 7.95. The first-order valence-electron chi connectivity index (χ1n) is 5.23. The second-order valence-corrected chi connectivity index (χ2v) is 4.82. The number of rotatable bonds is 5. The highest BCUT2D eigenvalue weighted by molar-refractivity contribution is 9.10. The molecule has 0 spiro atoms. The van der Waals surface area contributed by atoms with E-state index in [0.29, 0.717) is 10.5 Å². The van der Waals surface area contributed by atoms with Crippen LogP contribution in [0, 0.1) is 5.92 Å². The Morgan fingerprint density at radius 1 is 1.62 bits per heavy atom. The molecule has 7 heteroatoms. The number of methoxy groups -OCH3 is 1. The Kier molecular flexibility index (Phi) is 3.58. The number of hydrazine groups is 1. The van der Waals surface area contributed by atoms with E-state index in [1.807, 2.05) is 7.05 Å². The summed E-state index contributed by atoms with van der Waals surface area (Å²) in [5, 5.41) is 7.91. The molecule has 6 nitrogen and oxygen atoms in total. The van der Waals surface area contributed by atoms with Gasteiger partial charge < -0.3 is 4.74 Å². The molecule has 1 aliphatic carbocycles. The first kappa shape index (κ1) is 12.0. The quantitative estimate of drug-likeness (QED) is 0.610. The van der Waals surface area contributed by atoms with Gasteiger partial charge in [0.25, 0.3) is 0 Å².